The topological polar surface area (TPSA) is 38.7 Å². The van der Waals surface area contributed by atoms with Gasteiger partial charge in [-0.15, -0.1) is 0 Å². The highest BCUT2D eigenvalue weighted by molar-refractivity contribution is 6.74. The molecule has 3 rings (SSSR count). The fraction of sp³-hybridized carbons (Fsp3) is 0.833. The molecular formula is C24H44O3Si2. The van der Waals surface area contributed by atoms with Crippen LogP contribution in [0.1, 0.15) is 54.4 Å². The minimum Gasteiger partial charge on any atom is -0.544 e. The standard InChI is InChI=1S/C24H44O3Si2/c1-16-20(26-28(7,8)9)17-14-23(5,6)21(27-29(10,11)22(2,3)4)19(17)18(15-25)24(16)12-13-24/h14,18-19,21,25H,12-13,15H2,1-11H3/t18-,19+,21+/m1/s1. The molecule has 166 valence electrons. The number of aliphatic hydroxyl groups is 1. The van der Waals surface area contributed by atoms with Gasteiger partial charge in [0.1, 0.15) is 5.76 Å². The molecule has 0 aromatic rings. The van der Waals surface area contributed by atoms with Crippen molar-refractivity contribution in [1.29, 1.82) is 0 Å². The first-order valence-corrected chi connectivity index (χ1v) is 17.7. The van der Waals surface area contributed by atoms with Crippen LogP contribution in [0.15, 0.2) is 23.0 Å². The zero-order valence-corrected chi connectivity index (χ0v) is 22.7. The molecule has 3 atom stereocenters. The summed E-state index contributed by atoms with van der Waals surface area (Å²) in [5, 5.41) is 10.7. The van der Waals surface area contributed by atoms with Crippen molar-refractivity contribution in [2.75, 3.05) is 6.61 Å². The Hall–Kier alpha value is -0.366. The van der Waals surface area contributed by atoms with Gasteiger partial charge in [-0.3, -0.25) is 0 Å². The van der Waals surface area contributed by atoms with Crippen LogP contribution in [0.25, 0.3) is 0 Å². The molecule has 0 unspecified atom stereocenters. The summed E-state index contributed by atoms with van der Waals surface area (Å²) in [6, 6.07) is 0. The predicted octanol–water partition coefficient (Wildman–Crippen LogP) is 6.49. The van der Waals surface area contributed by atoms with Gasteiger partial charge in [-0.25, -0.2) is 0 Å². The van der Waals surface area contributed by atoms with Crippen molar-refractivity contribution in [3.05, 3.63) is 23.0 Å². The minimum atomic E-state index is -1.95. The Bertz CT molecular complexity index is 730. The molecule has 1 fully saturated rings. The molecule has 0 heterocycles. The molecule has 3 nitrogen and oxygen atoms in total. The third-order valence-electron chi connectivity index (χ3n) is 8.06. The van der Waals surface area contributed by atoms with Crippen LogP contribution >= 0.6 is 0 Å². The zero-order chi connectivity index (χ0) is 22.2. The molecule has 3 aliphatic rings. The summed E-state index contributed by atoms with van der Waals surface area (Å²) in [5.74, 6) is 1.60. The molecule has 0 aliphatic heterocycles. The number of allylic oxidation sites excluding steroid dienone is 2. The first-order valence-electron chi connectivity index (χ1n) is 11.4. The highest BCUT2D eigenvalue weighted by atomic mass is 28.4. The van der Waals surface area contributed by atoms with E-state index in [1.807, 2.05) is 0 Å². The van der Waals surface area contributed by atoms with Crippen LogP contribution in [-0.2, 0) is 8.85 Å². The van der Waals surface area contributed by atoms with E-state index in [1.165, 1.54) is 24.0 Å². The van der Waals surface area contributed by atoms with E-state index in [1.54, 1.807) is 0 Å². The van der Waals surface area contributed by atoms with Gasteiger partial charge in [0, 0.05) is 29.3 Å². The number of hydrogen-bond donors (Lipinski definition) is 1. The Morgan fingerprint density at radius 3 is 2.07 bits per heavy atom. The maximum atomic E-state index is 10.6. The van der Waals surface area contributed by atoms with Gasteiger partial charge in [-0.1, -0.05) is 40.7 Å². The second-order valence-corrected chi connectivity index (χ2v) is 22.0. The van der Waals surface area contributed by atoms with E-state index in [-0.39, 0.29) is 40.4 Å². The van der Waals surface area contributed by atoms with Crippen molar-refractivity contribution < 1.29 is 14.0 Å². The van der Waals surface area contributed by atoms with Gasteiger partial charge in [0.25, 0.3) is 0 Å². The summed E-state index contributed by atoms with van der Waals surface area (Å²) in [6.45, 7) is 25.6. The van der Waals surface area contributed by atoms with Crippen LogP contribution in [-0.4, -0.2) is 34.5 Å². The third-order valence-corrected chi connectivity index (χ3v) is 13.3. The van der Waals surface area contributed by atoms with Gasteiger partial charge in [-0.2, -0.15) is 0 Å². The van der Waals surface area contributed by atoms with Crippen molar-refractivity contribution >= 4 is 16.6 Å². The van der Waals surface area contributed by atoms with E-state index in [4.69, 9.17) is 8.85 Å². The Labute approximate surface area is 181 Å². The predicted molar refractivity (Wildman–Crippen MR) is 127 cm³/mol. The van der Waals surface area contributed by atoms with Gasteiger partial charge in [0.15, 0.2) is 8.32 Å². The third kappa shape index (κ3) is 3.85. The van der Waals surface area contributed by atoms with Crippen LogP contribution in [0.5, 0.6) is 0 Å². The summed E-state index contributed by atoms with van der Waals surface area (Å²) in [5.41, 5.74) is 2.74. The first kappa shape index (κ1) is 23.3. The Morgan fingerprint density at radius 2 is 1.66 bits per heavy atom. The molecule has 29 heavy (non-hydrogen) atoms. The summed E-state index contributed by atoms with van der Waals surface area (Å²) in [7, 11) is -3.70. The summed E-state index contributed by atoms with van der Waals surface area (Å²) < 4.78 is 13.9. The quantitative estimate of drug-likeness (QED) is 0.501. The van der Waals surface area contributed by atoms with Gasteiger partial charge >= 0.3 is 0 Å². The molecule has 0 aromatic heterocycles. The molecule has 0 aromatic carbocycles. The number of aliphatic hydroxyl groups excluding tert-OH is 1. The second kappa shape index (κ2) is 6.81. The maximum Gasteiger partial charge on any atom is 0.242 e. The average Bonchev–Trinajstić information content (AvgIpc) is 3.27. The number of fused-ring (bicyclic) bond motifs is 1. The smallest absolute Gasteiger partial charge is 0.242 e. The molecule has 1 spiro atoms. The van der Waals surface area contributed by atoms with Crippen molar-refractivity contribution in [2.45, 2.75) is 98.3 Å². The van der Waals surface area contributed by atoms with E-state index >= 15 is 0 Å². The summed E-state index contributed by atoms with van der Waals surface area (Å²) >= 11 is 0. The van der Waals surface area contributed by atoms with Gasteiger partial charge in [0.05, 0.1) is 6.10 Å². The molecule has 0 bridgehead atoms. The van der Waals surface area contributed by atoms with Crippen LogP contribution in [0, 0.1) is 22.7 Å². The molecule has 5 heteroatoms. The SMILES string of the molecule is CC1=C(O[Si](C)(C)C)C2=CC(C)(C)[C@@H](O[Si](C)(C)C(C)(C)C)[C@@H]2[C@@H](CO)C12CC2. The lowest BCUT2D eigenvalue weighted by molar-refractivity contribution is 0.00782. The lowest BCUT2D eigenvalue weighted by atomic mass is 9.66. The first-order chi connectivity index (χ1) is 13.0. The van der Waals surface area contributed by atoms with Crippen LogP contribution in [0.2, 0.25) is 37.8 Å². The van der Waals surface area contributed by atoms with E-state index in [9.17, 15) is 5.11 Å². The molecule has 1 N–H and O–H groups in total. The monoisotopic (exact) mass is 436 g/mol. The lowest BCUT2D eigenvalue weighted by Crippen LogP contribution is -2.51. The average molecular weight is 437 g/mol. The molecular weight excluding hydrogens is 392 g/mol. The fourth-order valence-corrected chi connectivity index (χ4v) is 7.57. The minimum absolute atomic E-state index is 0.0717. The zero-order valence-electron chi connectivity index (χ0n) is 20.7. The summed E-state index contributed by atoms with van der Waals surface area (Å²) in [6.07, 6.45) is 4.85. The van der Waals surface area contributed by atoms with E-state index in [0.717, 1.165) is 5.76 Å². The van der Waals surface area contributed by atoms with Crippen LogP contribution in [0.3, 0.4) is 0 Å². The Kier molecular flexibility index (Phi) is 5.48. The summed E-state index contributed by atoms with van der Waals surface area (Å²) in [4.78, 5) is 0. The molecule has 0 amide bonds. The van der Waals surface area contributed by atoms with Gasteiger partial charge in [0.2, 0.25) is 8.32 Å². The van der Waals surface area contributed by atoms with Crippen molar-refractivity contribution in [3.63, 3.8) is 0 Å². The Morgan fingerprint density at radius 1 is 1.10 bits per heavy atom. The molecule has 1 saturated carbocycles. The van der Waals surface area contributed by atoms with E-state index in [2.05, 4.69) is 80.4 Å². The normalized spacial score (nSPS) is 31.0. The number of rotatable bonds is 5. The van der Waals surface area contributed by atoms with E-state index < -0.39 is 16.6 Å². The van der Waals surface area contributed by atoms with Crippen molar-refractivity contribution in [3.8, 4) is 0 Å². The van der Waals surface area contributed by atoms with Gasteiger partial charge < -0.3 is 14.0 Å². The molecule has 3 aliphatic carbocycles. The fourth-order valence-electron chi connectivity index (χ4n) is 5.24. The largest absolute Gasteiger partial charge is 0.544 e. The highest BCUT2D eigenvalue weighted by Crippen LogP contribution is 2.68. The van der Waals surface area contributed by atoms with Crippen LogP contribution in [0.4, 0.5) is 0 Å². The second-order valence-electron chi connectivity index (χ2n) is 12.9. The van der Waals surface area contributed by atoms with Crippen molar-refractivity contribution in [2.24, 2.45) is 22.7 Å². The van der Waals surface area contributed by atoms with Crippen molar-refractivity contribution in [1.82, 2.24) is 0 Å². The molecule has 0 saturated heterocycles. The van der Waals surface area contributed by atoms with E-state index in [0.29, 0.717) is 0 Å². The Balaban J connectivity index is 2.10. The maximum absolute atomic E-state index is 10.6. The van der Waals surface area contributed by atoms with Crippen LogP contribution < -0.4 is 0 Å². The molecule has 0 radical (unpaired) electrons. The number of hydrogen-bond acceptors (Lipinski definition) is 3. The lowest BCUT2D eigenvalue weighted by Gasteiger charge is -2.48. The highest BCUT2D eigenvalue weighted by Gasteiger charge is 2.63. The van der Waals surface area contributed by atoms with Gasteiger partial charge in [-0.05, 0) is 68.7 Å².